The molecule has 1 unspecified atom stereocenters. The van der Waals surface area contributed by atoms with Gasteiger partial charge in [-0.15, -0.1) is 11.3 Å². The first-order valence-corrected chi connectivity index (χ1v) is 14.7. The number of nitrogens with zero attached hydrogens (tertiary/aromatic N) is 1. The van der Waals surface area contributed by atoms with Crippen molar-refractivity contribution in [2.24, 2.45) is 0 Å². The van der Waals surface area contributed by atoms with E-state index in [0.717, 1.165) is 16.9 Å². The van der Waals surface area contributed by atoms with E-state index in [9.17, 15) is 22.8 Å². The van der Waals surface area contributed by atoms with E-state index in [4.69, 9.17) is 25.3 Å². The minimum Gasteiger partial charge on any atom is -0.442 e. The lowest BCUT2D eigenvalue weighted by Crippen LogP contribution is -2.41. The number of hydrogen-bond acceptors (Lipinski definition) is 9. The van der Waals surface area contributed by atoms with Crippen molar-refractivity contribution in [2.75, 3.05) is 43.1 Å². The molecule has 2 heterocycles. The van der Waals surface area contributed by atoms with Gasteiger partial charge in [0.05, 0.1) is 27.3 Å². The molecule has 3 aromatic rings. The van der Waals surface area contributed by atoms with Gasteiger partial charge in [-0.1, -0.05) is 29.3 Å². The Kier molecular flexibility index (Phi) is 9.76. The van der Waals surface area contributed by atoms with Crippen LogP contribution in [0.4, 0.5) is 16.2 Å². The third kappa shape index (κ3) is 8.02. The average molecular weight is 608 g/mol. The summed E-state index contributed by atoms with van der Waals surface area (Å²) in [6.45, 7) is 1.89. The Morgan fingerprint density at radius 3 is 2.48 bits per heavy atom. The molecule has 1 fully saturated rings. The molecule has 0 bridgehead atoms. The summed E-state index contributed by atoms with van der Waals surface area (Å²) >= 11 is 6.96. The van der Waals surface area contributed by atoms with Crippen molar-refractivity contribution in [1.29, 1.82) is 0 Å². The van der Waals surface area contributed by atoms with Crippen molar-refractivity contribution in [3.8, 4) is 0 Å². The van der Waals surface area contributed by atoms with Crippen LogP contribution in [0.1, 0.15) is 15.2 Å². The van der Waals surface area contributed by atoms with Crippen molar-refractivity contribution < 1.29 is 36.5 Å². The van der Waals surface area contributed by atoms with Crippen LogP contribution in [0.2, 0.25) is 4.34 Å². The lowest BCUT2D eigenvalue weighted by Gasteiger charge is -2.27. The lowest BCUT2D eigenvalue weighted by molar-refractivity contribution is -0.125. The van der Waals surface area contributed by atoms with Crippen molar-refractivity contribution in [3.05, 3.63) is 75.4 Å². The van der Waals surface area contributed by atoms with Crippen LogP contribution >= 0.6 is 22.9 Å². The van der Waals surface area contributed by atoms with Gasteiger partial charge in [0.2, 0.25) is 0 Å². The van der Waals surface area contributed by atoms with E-state index in [0.29, 0.717) is 33.7 Å². The maximum atomic E-state index is 12.7. The first kappa shape index (κ1) is 29.5. The summed E-state index contributed by atoms with van der Waals surface area (Å²) in [6.07, 6.45) is -2.06. The van der Waals surface area contributed by atoms with Crippen molar-refractivity contribution in [3.63, 3.8) is 0 Å². The van der Waals surface area contributed by atoms with E-state index in [1.165, 1.54) is 18.2 Å². The largest absolute Gasteiger partial charge is 0.442 e. The first-order chi connectivity index (χ1) is 19.1. The summed E-state index contributed by atoms with van der Waals surface area (Å²) in [5, 5.41) is 5.15. The highest BCUT2D eigenvalue weighted by atomic mass is 35.5. The smallest absolute Gasteiger partial charge is 0.412 e. The Bertz CT molecular complexity index is 1460. The third-order valence-electron chi connectivity index (χ3n) is 5.69. The summed E-state index contributed by atoms with van der Waals surface area (Å²) < 4.78 is 41.4. The monoisotopic (exact) mass is 607 g/mol. The van der Waals surface area contributed by atoms with Gasteiger partial charge < -0.3 is 19.7 Å². The van der Waals surface area contributed by atoms with E-state index >= 15 is 0 Å². The predicted octanol–water partition coefficient (Wildman–Crippen LogP) is 3.83. The van der Waals surface area contributed by atoms with Gasteiger partial charge in [0, 0.05) is 17.9 Å². The van der Waals surface area contributed by atoms with Crippen molar-refractivity contribution in [2.45, 2.75) is 17.9 Å². The van der Waals surface area contributed by atoms with Crippen LogP contribution in [-0.4, -0.2) is 65.3 Å². The molecule has 0 radical (unpaired) electrons. The van der Waals surface area contributed by atoms with Gasteiger partial charge in [0.1, 0.15) is 19.3 Å². The topological polar surface area (TPSA) is 140 Å². The lowest BCUT2D eigenvalue weighted by atomic mass is 10.2. The number of ether oxygens (including phenoxy) is 2. The average Bonchev–Trinajstić information content (AvgIpc) is 3.37. The highest BCUT2D eigenvalue weighted by Crippen LogP contribution is 2.22. The van der Waals surface area contributed by atoms with Gasteiger partial charge in [0.15, 0.2) is 0 Å². The van der Waals surface area contributed by atoms with Crippen LogP contribution < -0.4 is 15.5 Å². The molecule has 14 heteroatoms. The first-order valence-electron chi connectivity index (χ1n) is 12.1. The molecule has 3 amide bonds. The minimum absolute atomic E-state index is 0.00544. The molecular formula is C26H26ClN3O8S2. The van der Waals surface area contributed by atoms with Gasteiger partial charge in [-0.2, -0.15) is 8.42 Å². The normalized spacial score (nSPS) is 14.4. The minimum atomic E-state index is -4.16. The SMILES string of the molecule is Cc1ccc(S(=O)(=O)OCC(CNC(=O)c2ccc(Cl)s2)OC(=O)Nc2ccc(N3CCOCC3=O)cc2)cc1. The molecule has 1 aliphatic heterocycles. The number of amides is 3. The van der Waals surface area contributed by atoms with Crippen LogP contribution in [0.25, 0.3) is 0 Å². The predicted molar refractivity (Wildman–Crippen MR) is 149 cm³/mol. The molecule has 4 rings (SSSR count). The number of morpholine rings is 1. The highest BCUT2D eigenvalue weighted by Gasteiger charge is 2.23. The summed E-state index contributed by atoms with van der Waals surface area (Å²) in [5.41, 5.74) is 1.90. The Hall–Kier alpha value is -3.49. The van der Waals surface area contributed by atoms with Crippen LogP contribution in [0, 0.1) is 6.92 Å². The van der Waals surface area contributed by atoms with Crippen molar-refractivity contribution >= 4 is 62.3 Å². The standard InChI is InChI=1S/C26H26ClN3O8S2/c1-17-2-8-21(9-3-17)40(34,35)37-15-20(14-28-25(32)22-10-11-23(27)39-22)38-26(33)29-18-4-6-19(7-5-18)30-12-13-36-16-24(30)31/h2-11,20H,12-16H2,1H3,(H,28,32)(H,29,33). The maximum Gasteiger partial charge on any atom is 0.412 e. The molecule has 2 N–H and O–H groups in total. The molecule has 1 saturated heterocycles. The number of anilines is 2. The summed E-state index contributed by atoms with van der Waals surface area (Å²) in [7, 11) is -4.16. The van der Waals surface area contributed by atoms with E-state index < -0.39 is 34.8 Å². The third-order valence-corrected chi connectivity index (χ3v) is 8.22. The molecule has 1 atom stereocenters. The van der Waals surface area contributed by atoms with Crippen LogP contribution in [0.15, 0.2) is 65.6 Å². The summed E-state index contributed by atoms with van der Waals surface area (Å²) in [4.78, 5) is 39.0. The number of benzene rings is 2. The van der Waals surface area contributed by atoms with E-state index in [1.807, 2.05) is 6.92 Å². The van der Waals surface area contributed by atoms with E-state index in [2.05, 4.69) is 10.6 Å². The number of rotatable bonds is 10. The van der Waals surface area contributed by atoms with Gasteiger partial charge >= 0.3 is 6.09 Å². The Labute approximate surface area is 240 Å². The van der Waals surface area contributed by atoms with E-state index in [1.54, 1.807) is 47.4 Å². The molecular weight excluding hydrogens is 582 g/mol. The number of carbonyl (C=O) groups is 3. The molecule has 0 aliphatic carbocycles. The van der Waals surface area contributed by atoms with Crippen LogP contribution in [0.3, 0.4) is 0 Å². The Morgan fingerprint density at radius 1 is 1.10 bits per heavy atom. The fourth-order valence-corrected chi connectivity index (χ4v) is 5.51. The van der Waals surface area contributed by atoms with Crippen molar-refractivity contribution in [1.82, 2.24) is 5.32 Å². The maximum absolute atomic E-state index is 12.7. The second kappa shape index (κ2) is 13.2. The second-order valence-corrected chi connectivity index (χ2v) is 12.0. The molecule has 1 aliphatic rings. The van der Waals surface area contributed by atoms with Crippen LogP contribution in [-0.2, 0) is 28.6 Å². The molecule has 212 valence electrons. The fraction of sp³-hybridized carbons (Fsp3) is 0.269. The number of nitrogens with one attached hydrogen (secondary N) is 2. The zero-order valence-electron chi connectivity index (χ0n) is 21.3. The second-order valence-electron chi connectivity index (χ2n) is 8.66. The van der Waals surface area contributed by atoms with E-state index in [-0.39, 0.29) is 24.0 Å². The number of hydrogen-bond donors (Lipinski definition) is 2. The number of thiophene rings is 1. The molecule has 11 nitrogen and oxygen atoms in total. The van der Waals surface area contributed by atoms with Gasteiger partial charge in [-0.05, 0) is 55.5 Å². The molecule has 1 aromatic heterocycles. The molecule has 0 spiro atoms. The zero-order chi connectivity index (χ0) is 28.7. The quantitative estimate of drug-likeness (QED) is 0.332. The van der Waals surface area contributed by atoms with Gasteiger partial charge in [-0.3, -0.25) is 19.1 Å². The molecule has 40 heavy (non-hydrogen) atoms. The summed E-state index contributed by atoms with van der Waals surface area (Å²) in [6, 6.07) is 15.7. The van der Waals surface area contributed by atoms with Gasteiger partial charge in [-0.25, -0.2) is 4.79 Å². The number of halogens is 1. The number of carbonyl (C=O) groups excluding carboxylic acids is 3. The molecule has 0 saturated carbocycles. The number of aryl methyl sites for hydroxylation is 1. The Morgan fingerprint density at radius 2 is 1.82 bits per heavy atom. The highest BCUT2D eigenvalue weighted by molar-refractivity contribution is 7.86. The molecule has 2 aromatic carbocycles. The zero-order valence-corrected chi connectivity index (χ0v) is 23.7. The van der Waals surface area contributed by atoms with Crippen LogP contribution in [0.5, 0.6) is 0 Å². The summed E-state index contributed by atoms with van der Waals surface area (Å²) in [5.74, 6) is -0.637. The Balaban J connectivity index is 1.40. The fourth-order valence-electron chi connectivity index (χ4n) is 3.62. The van der Waals surface area contributed by atoms with Gasteiger partial charge in [0.25, 0.3) is 21.9 Å².